The molecule has 0 spiro atoms. The number of aromatic hydroxyl groups is 1. The minimum Gasteiger partial charge on any atom is -0.508 e. The second-order valence-corrected chi connectivity index (χ2v) is 4.48. The van der Waals surface area contributed by atoms with Crippen molar-refractivity contribution in [3.05, 3.63) is 65.5 Å². The third-order valence-electron chi connectivity index (χ3n) is 3.20. The Morgan fingerprint density at radius 2 is 1.55 bits per heavy atom. The van der Waals surface area contributed by atoms with Crippen LogP contribution in [0, 0.1) is 5.82 Å². The van der Waals surface area contributed by atoms with Crippen LogP contribution in [0.2, 0.25) is 0 Å². The van der Waals surface area contributed by atoms with Gasteiger partial charge in [-0.1, -0.05) is 24.3 Å². The van der Waals surface area contributed by atoms with Gasteiger partial charge >= 0.3 is 5.97 Å². The third-order valence-corrected chi connectivity index (χ3v) is 3.20. The van der Waals surface area contributed by atoms with E-state index in [1.165, 1.54) is 24.3 Å². The average Bonchev–Trinajstić information content (AvgIpc) is 2.83. The molecule has 0 saturated carbocycles. The van der Waals surface area contributed by atoms with Crippen LogP contribution >= 0.6 is 0 Å². The molecule has 0 bridgehead atoms. The van der Waals surface area contributed by atoms with Crippen molar-refractivity contribution in [2.24, 2.45) is 0 Å². The highest BCUT2D eigenvalue weighted by atomic mass is 19.1. The minimum atomic E-state index is -0.407. The first-order valence-electron chi connectivity index (χ1n) is 6.11. The highest BCUT2D eigenvalue weighted by Gasteiger charge is 2.27. The predicted octanol–water partition coefficient (Wildman–Crippen LogP) is 3.00. The van der Waals surface area contributed by atoms with Crippen molar-refractivity contribution in [1.29, 1.82) is 0 Å². The van der Waals surface area contributed by atoms with Crippen LogP contribution in [0.25, 0.3) is 11.1 Å². The summed E-state index contributed by atoms with van der Waals surface area (Å²) < 4.78 is 18.1. The maximum Gasteiger partial charge on any atom is 0.339 e. The number of phenolic OH excluding ortho intramolecular Hbond substituents is 1. The highest BCUT2D eigenvalue weighted by Crippen LogP contribution is 2.33. The third kappa shape index (κ3) is 2.16. The second kappa shape index (κ2) is 4.81. The maximum absolute atomic E-state index is 13.0. The Balaban J connectivity index is 2.12. The van der Waals surface area contributed by atoms with E-state index in [2.05, 4.69) is 0 Å². The number of phenols is 1. The van der Waals surface area contributed by atoms with Crippen LogP contribution in [0.15, 0.2) is 48.5 Å². The van der Waals surface area contributed by atoms with E-state index in [0.29, 0.717) is 11.1 Å². The van der Waals surface area contributed by atoms with Crippen molar-refractivity contribution >= 4 is 17.1 Å². The number of halogens is 1. The van der Waals surface area contributed by atoms with E-state index < -0.39 is 5.97 Å². The molecule has 4 heteroatoms. The molecule has 2 aromatic carbocycles. The van der Waals surface area contributed by atoms with Gasteiger partial charge in [0.2, 0.25) is 0 Å². The van der Waals surface area contributed by atoms with Gasteiger partial charge in [-0.05, 0) is 35.4 Å². The van der Waals surface area contributed by atoms with Crippen molar-refractivity contribution in [2.45, 2.75) is 0 Å². The summed E-state index contributed by atoms with van der Waals surface area (Å²) in [6.45, 7) is 0.167. The van der Waals surface area contributed by atoms with E-state index in [4.69, 9.17) is 4.74 Å². The molecule has 20 heavy (non-hydrogen) atoms. The molecular formula is C16H11FO3. The summed E-state index contributed by atoms with van der Waals surface area (Å²) in [6.07, 6.45) is 0. The average molecular weight is 270 g/mol. The summed E-state index contributed by atoms with van der Waals surface area (Å²) in [5.41, 5.74) is 2.60. The van der Waals surface area contributed by atoms with Crippen LogP contribution in [0.4, 0.5) is 4.39 Å². The molecule has 0 saturated heterocycles. The molecule has 100 valence electrons. The highest BCUT2D eigenvalue weighted by molar-refractivity contribution is 6.27. The molecule has 0 aromatic heterocycles. The zero-order chi connectivity index (χ0) is 14.1. The molecule has 0 amide bonds. The first-order chi connectivity index (χ1) is 9.65. The predicted molar refractivity (Wildman–Crippen MR) is 72.3 cm³/mol. The summed E-state index contributed by atoms with van der Waals surface area (Å²) in [7, 11) is 0. The van der Waals surface area contributed by atoms with E-state index in [1.807, 2.05) is 0 Å². The van der Waals surface area contributed by atoms with Crippen molar-refractivity contribution in [2.75, 3.05) is 6.61 Å². The van der Waals surface area contributed by atoms with E-state index >= 15 is 0 Å². The van der Waals surface area contributed by atoms with E-state index in [9.17, 15) is 14.3 Å². The van der Waals surface area contributed by atoms with Gasteiger partial charge < -0.3 is 9.84 Å². The molecule has 3 rings (SSSR count). The quantitative estimate of drug-likeness (QED) is 0.853. The van der Waals surface area contributed by atoms with Gasteiger partial charge in [-0.3, -0.25) is 0 Å². The number of benzene rings is 2. The Kier molecular flexibility index (Phi) is 2.99. The molecule has 1 N–H and O–H groups in total. The van der Waals surface area contributed by atoms with Crippen LogP contribution in [0.3, 0.4) is 0 Å². The Hall–Kier alpha value is -2.62. The number of esters is 1. The lowest BCUT2D eigenvalue weighted by molar-refractivity contribution is -0.133. The van der Waals surface area contributed by atoms with E-state index in [-0.39, 0.29) is 18.2 Å². The van der Waals surface area contributed by atoms with Gasteiger partial charge in [0.15, 0.2) is 0 Å². The number of rotatable bonds is 2. The topological polar surface area (TPSA) is 46.5 Å². The summed E-state index contributed by atoms with van der Waals surface area (Å²) in [5.74, 6) is -0.607. The first kappa shape index (κ1) is 12.4. The second-order valence-electron chi connectivity index (χ2n) is 4.48. The molecule has 0 radical (unpaired) electrons. The summed E-state index contributed by atoms with van der Waals surface area (Å²) in [4.78, 5) is 11.9. The number of carbonyl (C=O) groups excluding carboxylic acids is 1. The summed E-state index contributed by atoms with van der Waals surface area (Å²) in [5, 5.41) is 9.30. The molecular weight excluding hydrogens is 259 g/mol. The fourth-order valence-electron chi connectivity index (χ4n) is 2.20. The Bertz CT molecular complexity index is 685. The number of ether oxygens (including phenoxy) is 1. The number of hydrogen-bond acceptors (Lipinski definition) is 3. The molecule has 2 aromatic rings. The van der Waals surface area contributed by atoms with Gasteiger partial charge in [-0.2, -0.15) is 0 Å². The van der Waals surface area contributed by atoms with Crippen LogP contribution in [-0.2, 0) is 9.53 Å². The first-order valence-corrected chi connectivity index (χ1v) is 6.11. The van der Waals surface area contributed by atoms with Crippen molar-refractivity contribution in [1.82, 2.24) is 0 Å². The van der Waals surface area contributed by atoms with Crippen LogP contribution < -0.4 is 0 Å². The number of cyclic esters (lactones) is 1. The Morgan fingerprint density at radius 1 is 0.950 bits per heavy atom. The smallest absolute Gasteiger partial charge is 0.339 e. The van der Waals surface area contributed by atoms with Gasteiger partial charge in [-0.25, -0.2) is 9.18 Å². The molecule has 1 aliphatic heterocycles. The van der Waals surface area contributed by atoms with Crippen LogP contribution in [-0.4, -0.2) is 17.7 Å². The van der Waals surface area contributed by atoms with Crippen molar-refractivity contribution in [3.8, 4) is 5.75 Å². The van der Waals surface area contributed by atoms with Crippen molar-refractivity contribution in [3.63, 3.8) is 0 Å². The molecule has 0 unspecified atom stereocenters. The SMILES string of the molecule is O=C1OCC(c2ccc(F)cc2)=C1c1ccc(O)cc1. The molecule has 0 atom stereocenters. The monoisotopic (exact) mass is 270 g/mol. The van der Waals surface area contributed by atoms with Crippen LogP contribution in [0.5, 0.6) is 5.75 Å². The standard InChI is InChI=1S/C16H11FO3/c17-12-5-1-10(2-6-12)14-9-20-16(19)15(14)11-3-7-13(18)8-4-11/h1-8,18H,9H2. The molecule has 0 fully saturated rings. The largest absolute Gasteiger partial charge is 0.508 e. The van der Waals surface area contributed by atoms with Gasteiger partial charge in [0.25, 0.3) is 0 Å². The van der Waals surface area contributed by atoms with Gasteiger partial charge in [0, 0.05) is 5.57 Å². The lowest BCUT2D eigenvalue weighted by Gasteiger charge is -2.04. The van der Waals surface area contributed by atoms with E-state index in [1.54, 1.807) is 24.3 Å². The normalized spacial score (nSPS) is 14.6. The summed E-state index contributed by atoms with van der Waals surface area (Å²) >= 11 is 0. The fourth-order valence-corrected chi connectivity index (χ4v) is 2.20. The Morgan fingerprint density at radius 3 is 2.20 bits per heavy atom. The van der Waals surface area contributed by atoms with Crippen molar-refractivity contribution < 1.29 is 19.0 Å². The van der Waals surface area contributed by atoms with Gasteiger partial charge in [0.1, 0.15) is 18.2 Å². The lowest BCUT2D eigenvalue weighted by Crippen LogP contribution is -1.98. The number of hydrogen-bond donors (Lipinski definition) is 1. The summed E-state index contributed by atoms with van der Waals surface area (Å²) in [6, 6.07) is 12.3. The van der Waals surface area contributed by atoms with E-state index in [0.717, 1.165) is 11.1 Å². The fraction of sp³-hybridized carbons (Fsp3) is 0.0625. The zero-order valence-electron chi connectivity index (χ0n) is 10.5. The minimum absolute atomic E-state index is 0.129. The molecule has 3 nitrogen and oxygen atoms in total. The Labute approximate surface area is 114 Å². The molecule has 1 heterocycles. The van der Waals surface area contributed by atoms with Crippen LogP contribution in [0.1, 0.15) is 11.1 Å². The zero-order valence-corrected chi connectivity index (χ0v) is 10.5. The van der Waals surface area contributed by atoms with Gasteiger partial charge in [-0.15, -0.1) is 0 Å². The van der Waals surface area contributed by atoms with Gasteiger partial charge in [0.05, 0.1) is 5.57 Å². The molecule has 1 aliphatic rings. The number of carbonyl (C=O) groups is 1. The lowest BCUT2D eigenvalue weighted by atomic mass is 9.97. The molecule has 0 aliphatic carbocycles. The maximum atomic E-state index is 13.0.